The number of benzene rings is 1. The van der Waals surface area contributed by atoms with Crippen LogP contribution in [0, 0.1) is 11.3 Å². The van der Waals surface area contributed by atoms with Crippen molar-refractivity contribution in [2.45, 2.75) is 13.3 Å². The van der Waals surface area contributed by atoms with E-state index >= 15 is 0 Å². The summed E-state index contributed by atoms with van der Waals surface area (Å²) in [6.45, 7) is 3.55. The molecule has 0 fully saturated rings. The molecule has 1 N–H and O–H groups in total. The Kier molecular flexibility index (Phi) is 8.90. The van der Waals surface area contributed by atoms with Crippen LogP contribution in [-0.2, 0) is 9.53 Å². The fraction of sp³-hybridized carbons (Fsp3) is 0.444. The van der Waals surface area contributed by atoms with Gasteiger partial charge in [0.1, 0.15) is 11.6 Å². The molecule has 0 atom stereocenters. The molecule has 0 spiro atoms. The molecular weight excluding hydrogens is 324 g/mol. The van der Waals surface area contributed by atoms with Gasteiger partial charge in [-0.2, -0.15) is 5.26 Å². The van der Waals surface area contributed by atoms with E-state index in [2.05, 4.69) is 5.32 Å². The molecule has 1 amide bonds. The van der Waals surface area contributed by atoms with Crippen molar-refractivity contribution in [3.05, 3.63) is 23.3 Å². The van der Waals surface area contributed by atoms with Crippen molar-refractivity contribution in [3.63, 3.8) is 0 Å². The zero-order chi connectivity index (χ0) is 18.7. The van der Waals surface area contributed by atoms with Gasteiger partial charge in [-0.15, -0.1) is 0 Å². The van der Waals surface area contributed by atoms with Crippen molar-refractivity contribution in [3.8, 4) is 23.3 Å². The molecule has 0 saturated carbocycles. The van der Waals surface area contributed by atoms with Crippen LogP contribution in [-0.4, -0.2) is 47.0 Å². The quantitative estimate of drug-likeness (QED) is 0.396. The molecule has 0 heterocycles. The number of ether oxygens (including phenoxy) is 4. The van der Waals surface area contributed by atoms with Crippen LogP contribution < -0.4 is 19.5 Å². The van der Waals surface area contributed by atoms with Gasteiger partial charge in [-0.05, 0) is 37.1 Å². The van der Waals surface area contributed by atoms with Gasteiger partial charge in [-0.25, -0.2) is 0 Å². The highest BCUT2D eigenvalue weighted by molar-refractivity contribution is 6.01. The Balaban J connectivity index is 2.94. The van der Waals surface area contributed by atoms with Gasteiger partial charge in [-0.1, -0.05) is 0 Å². The van der Waals surface area contributed by atoms with Crippen LogP contribution in [0.5, 0.6) is 17.2 Å². The predicted molar refractivity (Wildman–Crippen MR) is 93.8 cm³/mol. The highest BCUT2D eigenvalue weighted by atomic mass is 16.5. The van der Waals surface area contributed by atoms with Crippen LogP contribution >= 0.6 is 0 Å². The fourth-order valence-corrected chi connectivity index (χ4v) is 2.12. The molecule has 0 radical (unpaired) electrons. The number of hydrogen-bond donors (Lipinski definition) is 1. The van der Waals surface area contributed by atoms with Crippen molar-refractivity contribution in [1.29, 1.82) is 5.26 Å². The maximum absolute atomic E-state index is 12.1. The Bertz CT molecular complexity index is 624. The van der Waals surface area contributed by atoms with E-state index in [4.69, 9.17) is 18.9 Å². The van der Waals surface area contributed by atoms with Crippen LogP contribution in [0.15, 0.2) is 17.7 Å². The summed E-state index contributed by atoms with van der Waals surface area (Å²) in [5, 5.41) is 12.0. The van der Waals surface area contributed by atoms with E-state index in [1.165, 1.54) is 27.4 Å². The second-order valence-corrected chi connectivity index (χ2v) is 4.93. The fourth-order valence-electron chi connectivity index (χ4n) is 2.12. The number of carbonyl (C=O) groups is 1. The first-order chi connectivity index (χ1) is 12.1. The first-order valence-electron chi connectivity index (χ1n) is 7.88. The average Bonchev–Trinajstić information content (AvgIpc) is 2.64. The van der Waals surface area contributed by atoms with E-state index in [0.717, 1.165) is 0 Å². The minimum atomic E-state index is -0.437. The van der Waals surface area contributed by atoms with Crippen LogP contribution in [0.4, 0.5) is 0 Å². The predicted octanol–water partition coefficient (Wildman–Crippen LogP) is 2.16. The minimum absolute atomic E-state index is 0.00863. The second kappa shape index (κ2) is 10.9. The maximum Gasteiger partial charge on any atom is 0.261 e. The van der Waals surface area contributed by atoms with Gasteiger partial charge in [0.25, 0.3) is 5.91 Å². The summed E-state index contributed by atoms with van der Waals surface area (Å²) in [6, 6.07) is 5.25. The Morgan fingerprint density at radius 1 is 1.20 bits per heavy atom. The highest BCUT2D eigenvalue weighted by Gasteiger charge is 2.14. The summed E-state index contributed by atoms with van der Waals surface area (Å²) in [5.74, 6) is 0.902. The summed E-state index contributed by atoms with van der Waals surface area (Å²) >= 11 is 0. The van der Waals surface area contributed by atoms with Crippen LogP contribution in [0.25, 0.3) is 6.08 Å². The first-order valence-corrected chi connectivity index (χ1v) is 7.88. The van der Waals surface area contributed by atoms with Crippen molar-refractivity contribution >= 4 is 12.0 Å². The Hall–Kier alpha value is -2.72. The molecule has 25 heavy (non-hydrogen) atoms. The third kappa shape index (κ3) is 6.01. The average molecular weight is 348 g/mol. The molecule has 7 nitrogen and oxygen atoms in total. The third-order valence-electron chi connectivity index (χ3n) is 3.32. The molecule has 0 aliphatic carbocycles. The van der Waals surface area contributed by atoms with Gasteiger partial charge >= 0.3 is 0 Å². The maximum atomic E-state index is 12.1. The summed E-state index contributed by atoms with van der Waals surface area (Å²) in [6.07, 6.45) is 2.16. The highest BCUT2D eigenvalue weighted by Crippen LogP contribution is 2.38. The molecule has 1 aromatic carbocycles. The molecule has 136 valence electrons. The van der Waals surface area contributed by atoms with Crippen molar-refractivity contribution in [1.82, 2.24) is 5.32 Å². The summed E-state index contributed by atoms with van der Waals surface area (Å²) < 4.78 is 21.0. The van der Waals surface area contributed by atoms with Gasteiger partial charge in [0.15, 0.2) is 11.5 Å². The summed E-state index contributed by atoms with van der Waals surface area (Å²) in [5.41, 5.74) is 0.584. The van der Waals surface area contributed by atoms with Crippen molar-refractivity contribution in [2.24, 2.45) is 0 Å². The number of nitriles is 1. The molecule has 0 aliphatic heterocycles. The Morgan fingerprint density at radius 3 is 2.32 bits per heavy atom. The number of nitrogens with zero attached hydrogens (tertiary/aromatic N) is 1. The van der Waals surface area contributed by atoms with E-state index in [0.29, 0.717) is 49.0 Å². The monoisotopic (exact) mass is 348 g/mol. The second-order valence-electron chi connectivity index (χ2n) is 4.93. The van der Waals surface area contributed by atoms with E-state index in [9.17, 15) is 10.1 Å². The first kappa shape index (κ1) is 20.3. The van der Waals surface area contributed by atoms with Gasteiger partial charge in [-0.3, -0.25) is 4.79 Å². The van der Waals surface area contributed by atoms with E-state index in [1.54, 1.807) is 12.1 Å². The lowest BCUT2D eigenvalue weighted by atomic mass is 10.1. The smallest absolute Gasteiger partial charge is 0.261 e. The zero-order valence-corrected chi connectivity index (χ0v) is 15.0. The van der Waals surface area contributed by atoms with E-state index < -0.39 is 5.91 Å². The minimum Gasteiger partial charge on any atom is -0.493 e. The number of hydrogen-bond acceptors (Lipinski definition) is 6. The standard InChI is InChI=1S/C18H24N2O5/c1-5-25-8-6-7-20-18(21)14(12-19)9-13-10-15(22-2)17(24-4)16(11-13)23-3/h9-11H,5-8H2,1-4H3,(H,20,21)/b14-9+. The molecular formula is C18H24N2O5. The van der Waals surface area contributed by atoms with Gasteiger partial charge in [0, 0.05) is 19.8 Å². The lowest BCUT2D eigenvalue weighted by Gasteiger charge is -2.13. The van der Waals surface area contributed by atoms with Crippen LogP contribution in [0.2, 0.25) is 0 Å². The van der Waals surface area contributed by atoms with Gasteiger partial charge < -0.3 is 24.3 Å². The number of carbonyl (C=O) groups excluding carboxylic acids is 1. The Morgan fingerprint density at radius 2 is 1.84 bits per heavy atom. The van der Waals surface area contributed by atoms with Gasteiger partial charge in [0.2, 0.25) is 5.75 Å². The molecule has 0 saturated heterocycles. The largest absolute Gasteiger partial charge is 0.493 e. The summed E-state index contributed by atoms with van der Waals surface area (Å²) in [7, 11) is 4.51. The zero-order valence-electron chi connectivity index (χ0n) is 15.0. The van der Waals surface area contributed by atoms with Crippen LogP contribution in [0.1, 0.15) is 18.9 Å². The van der Waals surface area contributed by atoms with E-state index in [1.807, 2.05) is 13.0 Å². The summed E-state index contributed by atoms with van der Waals surface area (Å²) in [4.78, 5) is 12.1. The molecule has 1 rings (SSSR count). The van der Waals surface area contributed by atoms with Crippen molar-refractivity contribution in [2.75, 3.05) is 41.1 Å². The molecule has 0 bridgehead atoms. The molecule has 1 aromatic rings. The molecule has 7 heteroatoms. The van der Waals surface area contributed by atoms with Crippen molar-refractivity contribution < 1.29 is 23.7 Å². The van der Waals surface area contributed by atoms with Crippen LogP contribution in [0.3, 0.4) is 0 Å². The van der Waals surface area contributed by atoms with Gasteiger partial charge in [0.05, 0.1) is 21.3 Å². The molecule has 0 unspecified atom stereocenters. The topological polar surface area (TPSA) is 89.8 Å². The number of methoxy groups -OCH3 is 3. The Labute approximate surface area is 148 Å². The lowest BCUT2D eigenvalue weighted by molar-refractivity contribution is -0.117. The third-order valence-corrected chi connectivity index (χ3v) is 3.32. The van der Waals surface area contributed by atoms with E-state index in [-0.39, 0.29) is 5.57 Å². The number of rotatable bonds is 10. The molecule has 0 aromatic heterocycles. The lowest BCUT2D eigenvalue weighted by Crippen LogP contribution is -2.26. The normalized spacial score (nSPS) is 10.8. The number of nitrogens with one attached hydrogen (secondary N) is 1. The number of amides is 1. The molecule has 0 aliphatic rings. The SMILES string of the molecule is CCOCCCNC(=O)/C(C#N)=C/c1cc(OC)c(OC)c(OC)c1.